The Kier molecular flexibility index (Phi) is 5.06. The molecule has 152 valence electrons. The number of nitrogens with zero attached hydrogens (tertiary/aromatic N) is 5. The van der Waals surface area contributed by atoms with E-state index in [0.29, 0.717) is 24.7 Å². The first-order valence-electron chi connectivity index (χ1n) is 9.58. The maximum absolute atomic E-state index is 13.0. The van der Waals surface area contributed by atoms with Gasteiger partial charge in [0, 0.05) is 51.1 Å². The number of anilines is 2. The van der Waals surface area contributed by atoms with E-state index < -0.39 is 0 Å². The first-order valence-corrected chi connectivity index (χ1v) is 9.58. The molecule has 0 radical (unpaired) electrons. The highest BCUT2D eigenvalue weighted by atomic mass is 16.5. The van der Waals surface area contributed by atoms with Gasteiger partial charge in [0.05, 0.1) is 29.8 Å². The van der Waals surface area contributed by atoms with E-state index in [9.17, 15) is 4.79 Å². The van der Waals surface area contributed by atoms with Crippen LogP contribution in [0, 0.1) is 6.92 Å². The van der Waals surface area contributed by atoms with Crippen molar-refractivity contribution in [2.75, 3.05) is 25.6 Å². The fraction of sp³-hybridized carbons (Fsp3) is 0.400. The normalized spacial score (nSPS) is 16.2. The second-order valence-electron chi connectivity index (χ2n) is 7.31. The van der Waals surface area contributed by atoms with Gasteiger partial charge in [-0.3, -0.25) is 9.48 Å². The van der Waals surface area contributed by atoms with Crippen LogP contribution in [0.2, 0.25) is 0 Å². The van der Waals surface area contributed by atoms with Gasteiger partial charge >= 0.3 is 0 Å². The van der Waals surface area contributed by atoms with E-state index in [4.69, 9.17) is 4.74 Å². The quantitative estimate of drug-likeness (QED) is 0.664. The number of nitrogens with one attached hydrogen (secondary N) is 2. The van der Waals surface area contributed by atoms with Gasteiger partial charge in [0.2, 0.25) is 5.95 Å². The van der Waals surface area contributed by atoms with Crippen LogP contribution in [0.25, 0.3) is 11.4 Å². The highest BCUT2D eigenvalue weighted by Gasteiger charge is 2.31. The molecule has 0 saturated carbocycles. The van der Waals surface area contributed by atoms with E-state index in [1.165, 1.54) is 0 Å². The summed E-state index contributed by atoms with van der Waals surface area (Å²) in [6.07, 6.45) is 4.25. The molecule has 0 unspecified atom stereocenters. The molecule has 0 spiro atoms. The van der Waals surface area contributed by atoms with Crippen LogP contribution in [0.5, 0.6) is 0 Å². The highest BCUT2D eigenvalue weighted by Crippen LogP contribution is 2.29. The molecule has 29 heavy (non-hydrogen) atoms. The molecular formula is C20H25N7O2. The number of fused-ring (bicyclic) bond motifs is 1. The van der Waals surface area contributed by atoms with E-state index >= 15 is 0 Å². The van der Waals surface area contributed by atoms with E-state index in [2.05, 4.69) is 32.3 Å². The molecule has 9 heteroatoms. The molecule has 0 bridgehead atoms. The number of rotatable bonds is 6. The molecule has 1 atom stereocenters. The first kappa shape index (κ1) is 19.1. The third-order valence-corrected chi connectivity index (χ3v) is 5.25. The van der Waals surface area contributed by atoms with Crippen molar-refractivity contribution in [3.63, 3.8) is 0 Å². The summed E-state index contributed by atoms with van der Waals surface area (Å²) in [6.45, 7) is 5.12. The van der Waals surface area contributed by atoms with Crippen molar-refractivity contribution < 1.29 is 9.53 Å². The van der Waals surface area contributed by atoms with Gasteiger partial charge in [0.1, 0.15) is 5.82 Å². The minimum atomic E-state index is 0.0262. The predicted molar refractivity (Wildman–Crippen MR) is 109 cm³/mol. The summed E-state index contributed by atoms with van der Waals surface area (Å²) in [4.78, 5) is 27.3. The SMILES string of the molecule is COCCN1C(=O)c2cc(-c3nc(Nc4ccnn4C)ncc3C)[nH]c2C[C@H]1C. The number of hydrogen-bond donors (Lipinski definition) is 2. The summed E-state index contributed by atoms with van der Waals surface area (Å²) < 4.78 is 6.87. The number of ether oxygens (including phenoxy) is 1. The number of carbonyl (C=O) groups is 1. The molecule has 3 aromatic heterocycles. The van der Waals surface area contributed by atoms with E-state index in [1.54, 1.807) is 24.2 Å². The van der Waals surface area contributed by atoms with Crippen molar-refractivity contribution >= 4 is 17.7 Å². The Bertz CT molecular complexity index is 1040. The molecule has 0 aliphatic carbocycles. The number of aromatic amines is 1. The zero-order valence-electron chi connectivity index (χ0n) is 17.1. The standard InChI is InChI=1S/C20H25N7O2/c1-12-11-21-20(24-17-5-6-22-26(17)3)25-18(12)16-10-14-15(23-16)9-13(2)27(19(14)28)7-8-29-4/h5-6,10-11,13,23H,7-9H2,1-4H3,(H,21,24,25)/t13-/m1/s1. The van der Waals surface area contributed by atoms with Gasteiger partial charge in [-0.1, -0.05) is 0 Å². The molecule has 1 aliphatic heterocycles. The molecule has 2 N–H and O–H groups in total. The summed E-state index contributed by atoms with van der Waals surface area (Å²) in [6, 6.07) is 3.86. The van der Waals surface area contributed by atoms with Crippen LogP contribution in [-0.2, 0) is 18.2 Å². The molecule has 3 aromatic rings. The van der Waals surface area contributed by atoms with Crippen LogP contribution in [-0.4, -0.2) is 61.8 Å². The summed E-state index contributed by atoms with van der Waals surface area (Å²) in [5.74, 6) is 1.30. The van der Waals surface area contributed by atoms with Crippen molar-refractivity contribution in [3.8, 4) is 11.4 Å². The van der Waals surface area contributed by atoms with Gasteiger partial charge < -0.3 is 19.9 Å². The minimum Gasteiger partial charge on any atom is -0.383 e. The summed E-state index contributed by atoms with van der Waals surface area (Å²) >= 11 is 0. The maximum Gasteiger partial charge on any atom is 0.256 e. The third-order valence-electron chi connectivity index (χ3n) is 5.25. The first-order chi connectivity index (χ1) is 14.0. The van der Waals surface area contributed by atoms with Crippen molar-refractivity contribution in [1.29, 1.82) is 0 Å². The van der Waals surface area contributed by atoms with Gasteiger partial charge in [0.15, 0.2) is 0 Å². The van der Waals surface area contributed by atoms with Crippen LogP contribution >= 0.6 is 0 Å². The van der Waals surface area contributed by atoms with Crippen molar-refractivity contribution in [3.05, 3.63) is 41.3 Å². The molecule has 0 aromatic carbocycles. The lowest BCUT2D eigenvalue weighted by atomic mass is 10.0. The summed E-state index contributed by atoms with van der Waals surface area (Å²) in [7, 11) is 3.49. The highest BCUT2D eigenvalue weighted by molar-refractivity contribution is 5.98. The Hall–Kier alpha value is -3.20. The monoisotopic (exact) mass is 395 g/mol. The zero-order chi connectivity index (χ0) is 20.5. The smallest absolute Gasteiger partial charge is 0.256 e. The van der Waals surface area contributed by atoms with Crippen molar-refractivity contribution in [1.82, 2.24) is 29.6 Å². The van der Waals surface area contributed by atoms with Crippen LogP contribution in [0.1, 0.15) is 28.5 Å². The topological polar surface area (TPSA) is 101 Å². The molecule has 4 heterocycles. The lowest BCUT2D eigenvalue weighted by Crippen LogP contribution is -2.45. The Morgan fingerprint density at radius 2 is 2.24 bits per heavy atom. The number of carbonyl (C=O) groups excluding carboxylic acids is 1. The van der Waals surface area contributed by atoms with Crippen LogP contribution in [0.15, 0.2) is 24.5 Å². The fourth-order valence-corrected chi connectivity index (χ4v) is 3.63. The van der Waals surface area contributed by atoms with Crippen molar-refractivity contribution in [2.24, 2.45) is 7.05 Å². The number of amides is 1. The molecule has 0 fully saturated rings. The number of H-pyrrole nitrogens is 1. The van der Waals surface area contributed by atoms with E-state index in [1.807, 2.05) is 31.0 Å². The number of aromatic nitrogens is 5. The molecular weight excluding hydrogens is 370 g/mol. The number of aryl methyl sites for hydroxylation is 2. The zero-order valence-corrected chi connectivity index (χ0v) is 17.1. The van der Waals surface area contributed by atoms with Crippen LogP contribution < -0.4 is 5.32 Å². The van der Waals surface area contributed by atoms with Gasteiger partial charge in [-0.25, -0.2) is 9.97 Å². The maximum atomic E-state index is 13.0. The molecule has 1 amide bonds. The van der Waals surface area contributed by atoms with Gasteiger partial charge in [0.25, 0.3) is 5.91 Å². The lowest BCUT2D eigenvalue weighted by molar-refractivity contribution is 0.0590. The molecule has 4 rings (SSSR count). The average Bonchev–Trinajstić information content (AvgIpc) is 3.29. The van der Waals surface area contributed by atoms with Gasteiger partial charge in [-0.05, 0) is 25.5 Å². The second kappa shape index (κ2) is 7.67. The molecule has 1 aliphatic rings. The largest absolute Gasteiger partial charge is 0.383 e. The molecule has 0 saturated heterocycles. The number of methoxy groups -OCH3 is 1. The predicted octanol–water partition coefficient (Wildman–Crippen LogP) is 2.29. The Morgan fingerprint density at radius 1 is 1.41 bits per heavy atom. The summed E-state index contributed by atoms with van der Waals surface area (Å²) in [5.41, 5.74) is 4.16. The molecule has 9 nitrogen and oxygen atoms in total. The minimum absolute atomic E-state index is 0.0262. The Morgan fingerprint density at radius 3 is 2.97 bits per heavy atom. The second-order valence-corrected chi connectivity index (χ2v) is 7.31. The van der Waals surface area contributed by atoms with E-state index in [-0.39, 0.29) is 11.9 Å². The third kappa shape index (κ3) is 3.61. The lowest BCUT2D eigenvalue weighted by Gasteiger charge is -2.33. The number of hydrogen-bond acceptors (Lipinski definition) is 6. The Labute approximate surface area is 169 Å². The van der Waals surface area contributed by atoms with Crippen LogP contribution in [0.4, 0.5) is 11.8 Å². The van der Waals surface area contributed by atoms with Crippen LogP contribution in [0.3, 0.4) is 0 Å². The van der Waals surface area contributed by atoms with E-state index in [0.717, 1.165) is 34.9 Å². The van der Waals surface area contributed by atoms with Crippen molar-refractivity contribution in [2.45, 2.75) is 26.3 Å². The average molecular weight is 395 g/mol. The van der Waals surface area contributed by atoms with Gasteiger partial charge in [-0.15, -0.1) is 0 Å². The fourth-order valence-electron chi connectivity index (χ4n) is 3.63. The van der Waals surface area contributed by atoms with Gasteiger partial charge in [-0.2, -0.15) is 5.10 Å². The Balaban J connectivity index is 1.65. The summed E-state index contributed by atoms with van der Waals surface area (Å²) in [5, 5.41) is 7.31.